The van der Waals surface area contributed by atoms with Gasteiger partial charge < -0.3 is 19.7 Å². The van der Waals surface area contributed by atoms with Gasteiger partial charge in [0.15, 0.2) is 11.5 Å². The Hall–Kier alpha value is -2.69. The number of rotatable bonds is 4. The molecule has 142 valence electrons. The summed E-state index contributed by atoms with van der Waals surface area (Å²) in [5.74, 6) is 1.61. The fraction of sp³-hybridized carbons (Fsp3) is 0.409. The molecule has 0 aliphatic carbocycles. The summed E-state index contributed by atoms with van der Waals surface area (Å²) < 4.78 is 11.4. The van der Waals surface area contributed by atoms with E-state index in [1.54, 1.807) is 0 Å². The third-order valence-corrected chi connectivity index (χ3v) is 5.17. The number of aryl methyl sites for hydroxylation is 2. The maximum atomic E-state index is 12.4. The summed E-state index contributed by atoms with van der Waals surface area (Å²) in [5, 5.41) is 3.04. The number of hydrogen-bond acceptors (Lipinski definition) is 4. The van der Waals surface area contributed by atoms with Gasteiger partial charge in [0.2, 0.25) is 5.91 Å². The van der Waals surface area contributed by atoms with Crippen molar-refractivity contribution in [3.05, 3.63) is 47.5 Å². The molecule has 2 aromatic carbocycles. The largest absolute Gasteiger partial charge is 0.490 e. The molecule has 27 heavy (non-hydrogen) atoms. The quantitative estimate of drug-likeness (QED) is 0.894. The van der Waals surface area contributed by atoms with Gasteiger partial charge in [-0.05, 0) is 60.7 Å². The molecule has 0 fully saturated rings. The van der Waals surface area contributed by atoms with Gasteiger partial charge in [0.1, 0.15) is 0 Å². The van der Waals surface area contributed by atoms with Crippen molar-refractivity contribution in [2.75, 3.05) is 37.0 Å². The summed E-state index contributed by atoms with van der Waals surface area (Å²) in [6.07, 6.45) is 4.24. The number of anilines is 2. The zero-order valence-corrected chi connectivity index (χ0v) is 15.8. The molecular formula is C22H26N2O3. The molecular weight excluding hydrogens is 340 g/mol. The monoisotopic (exact) mass is 366 g/mol. The molecule has 0 unspecified atom stereocenters. The van der Waals surface area contributed by atoms with Crippen LogP contribution in [0.4, 0.5) is 11.4 Å². The van der Waals surface area contributed by atoms with Crippen molar-refractivity contribution in [2.24, 2.45) is 0 Å². The molecule has 0 spiro atoms. The third-order valence-electron chi connectivity index (χ3n) is 5.17. The summed E-state index contributed by atoms with van der Waals surface area (Å²) >= 11 is 0. The molecule has 0 saturated heterocycles. The van der Waals surface area contributed by atoms with E-state index in [0.717, 1.165) is 48.6 Å². The number of ether oxygens (including phenoxy) is 2. The molecule has 1 N–H and O–H groups in total. The summed E-state index contributed by atoms with van der Waals surface area (Å²) in [7, 11) is 2.12. The molecule has 5 nitrogen and oxygen atoms in total. The first-order valence-electron chi connectivity index (χ1n) is 9.71. The lowest BCUT2D eigenvalue weighted by Gasteiger charge is -2.27. The van der Waals surface area contributed by atoms with Gasteiger partial charge in [0.05, 0.1) is 13.2 Å². The topological polar surface area (TPSA) is 50.8 Å². The van der Waals surface area contributed by atoms with Crippen LogP contribution in [0.3, 0.4) is 0 Å². The Labute approximate surface area is 160 Å². The third kappa shape index (κ3) is 4.18. The van der Waals surface area contributed by atoms with Crippen molar-refractivity contribution in [1.29, 1.82) is 0 Å². The lowest BCUT2D eigenvalue weighted by atomic mass is 10.0. The first-order valence-corrected chi connectivity index (χ1v) is 9.71. The zero-order valence-electron chi connectivity index (χ0n) is 15.8. The number of nitrogens with zero attached hydrogens (tertiary/aromatic N) is 1. The molecule has 0 radical (unpaired) electrons. The highest BCUT2D eigenvalue weighted by molar-refractivity contribution is 5.91. The summed E-state index contributed by atoms with van der Waals surface area (Å²) in [5.41, 5.74) is 4.55. The lowest BCUT2D eigenvalue weighted by Crippen LogP contribution is -2.24. The zero-order chi connectivity index (χ0) is 18.6. The number of benzene rings is 2. The van der Waals surface area contributed by atoms with Gasteiger partial charge >= 0.3 is 0 Å². The van der Waals surface area contributed by atoms with E-state index in [2.05, 4.69) is 29.4 Å². The van der Waals surface area contributed by atoms with E-state index in [0.29, 0.717) is 26.1 Å². The fourth-order valence-electron chi connectivity index (χ4n) is 3.71. The Morgan fingerprint density at radius 3 is 2.81 bits per heavy atom. The molecule has 0 atom stereocenters. The lowest BCUT2D eigenvalue weighted by molar-refractivity contribution is -0.116. The predicted molar refractivity (Wildman–Crippen MR) is 107 cm³/mol. The smallest absolute Gasteiger partial charge is 0.224 e. The molecule has 2 aliphatic rings. The molecule has 0 aromatic heterocycles. The van der Waals surface area contributed by atoms with Gasteiger partial charge in [-0.3, -0.25) is 4.79 Å². The molecule has 0 saturated carbocycles. The SMILES string of the molecule is CN1CCCc2cc(NC(=O)CCc3ccc4c(c3)OCCCO4)ccc21. The minimum absolute atomic E-state index is 0.0335. The van der Waals surface area contributed by atoms with Crippen molar-refractivity contribution < 1.29 is 14.3 Å². The van der Waals surface area contributed by atoms with Gasteiger partial charge in [-0.1, -0.05) is 6.07 Å². The Bertz CT molecular complexity index is 834. The number of nitrogens with one attached hydrogen (secondary N) is 1. The second-order valence-electron chi connectivity index (χ2n) is 7.25. The van der Waals surface area contributed by atoms with Crippen LogP contribution in [-0.4, -0.2) is 32.7 Å². The average Bonchev–Trinajstić information content (AvgIpc) is 2.91. The van der Waals surface area contributed by atoms with Crippen molar-refractivity contribution in [1.82, 2.24) is 0 Å². The van der Waals surface area contributed by atoms with Crippen LogP contribution in [0.1, 0.15) is 30.4 Å². The second kappa shape index (κ2) is 7.91. The van der Waals surface area contributed by atoms with E-state index >= 15 is 0 Å². The maximum Gasteiger partial charge on any atom is 0.224 e. The van der Waals surface area contributed by atoms with Gasteiger partial charge in [-0.2, -0.15) is 0 Å². The van der Waals surface area contributed by atoms with Crippen LogP contribution in [-0.2, 0) is 17.6 Å². The first-order chi connectivity index (χ1) is 13.2. The van der Waals surface area contributed by atoms with Gasteiger partial charge in [-0.25, -0.2) is 0 Å². The Balaban J connectivity index is 1.35. The Morgan fingerprint density at radius 2 is 1.93 bits per heavy atom. The number of amides is 1. The molecule has 5 heteroatoms. The van der Waals surface area contributed by atoms with E-state index in [1.165, 1.54) is 11.3 Å². The number of carbonyl (C=O) groups excluding carboxylic acids is 1. The predicted octanol–water partition coefficient (Wildman–Crippen LogP) is 3.80. The highest BCUT2D eigenvalue weighted by Crippen LogP contribution is 2.31. The van der Waals surface area contributed by atoms with Crippen molar-refractivity contribution in [3.63, 3.8) is 0 Å². The second-order valence-corrected chi connectivity index (χ2v) is 7.25. The van der Waals surface area contributed by atoms with E-state index in [9.17, 15) is 4.79 Å². The van der Waals surface area contributed by atoms with E-state index < -0.39 is 0 Å². The highest BCUT2D eigenvalue weighted by atomic mass is 16.5. The number of carbonyl (C=O) groups is 1. The summed E-state index contributed by atoms with van der Waals surface area (Å²) in [6, 6.07) is 12.1. The van der Waals surface area contributed by atoms with Crippen LogP contribution in [0.15, 0.2) is 36.4 Å². The van der Waals surface area contributed by atoms with Crippen molar-refractivity contribution in [3.8, 4) is 11.5 Å². The molecule has 1 amide bonds. The van der Waals surface area contributed by atoms with Crippen LogP contribution in [0, 0.1) is 0 Å². The molecule has 2 aromatic rings. The summed E-state index contributed by atoms with van der Waals surface area (Å²) in [4.78, 5) is 14.7. The minimum Gasteiger partial charge on any atom is -0.490 e. The van der Waals surface area contributed by atoms with Gasteiger partial charge in [-0.15, -0.1) is 0 Å². The average molecular weight is 366 g/mol. The summed E-state index contributed by atoms with van der Waals surface area (Å²) in [6.45, 7) is 2.45. The Morgan fingerprint density at radius 1 is 1.07 bits per heavy atom. The molecule has 2 aliphatic heterocycles. The normalized spacial score (nSPS) is 15.7. The van der Waals surface area contributed by atoms with E-state index in [4.69, 9.17) is 9.47 Å². The molecule has 4 rings (SSSR count). The van der Waals surface area contributed by atoms with Crippen LogP contribution in [0.5, 0.6) is 11.5 Å². The number of fused-ring (bicyclic) bond motifs is 2. The fourth-order valence-corrected chi connectivity index (χ4v) is 3.71. The van der Waals surface area contributed by atoms with Gasteiger partial charge in [0, 0.05) is 37.8 Å². The van der Waals surface area contributed by atoms with Crippen LogP contribution < -0.4 is 19.7 Å². The Kier molecular flexibility index (Phi) is 5.19. The highest BCUT2D eigenvalue weighted by Gasteiger charge is 2.15. The van der Waals surface area contributed by atoms with Crippen molar-refractivity contribution in [2.45, 2.75) is 32.1 Å². The van der Waals surface area contributed by atoms with Crippen LogP contribution >= 0.6 is 0 Å². The standard InChI is InChI=1S/C22H26N2O3/c1-24-11-2-4-17-15-18(7-8-19(17)24)23-22(25)10-6-16-5-9-20-21(14-16)27-13-3-12-26-20/h5,7-9,14-15H,2-4,6,10-13H2,1H3,(H,23,25). The van der Waals surface area contributed by atoms with E-state index in [1.807, 2.05) is 24.3 Å². The first kappa shape index (κ1) is 17.7. The van der Waals surface area contributed by atoms with Crippen LogP contribution in [0.2, 0.25) is 0 Å². The number of hydrogen-bond donors (Lipinski definition) is 1. The van der Waals surface area contributed by atoms with Crippen molar-refractivity contribution >= 4 is 17.3 Å². The van der Waals surface area contributed by atoms with E-state index in [-0.39, 0.29) is 5.91 Å². The van der Waals surface area contributed by atoms with Gasteiger partial charge in [0.25, 0.3) is 0 Å². The maximum absolute atomic E-state index is 12.4. The minimum atomic E-state index is 0.0335. The molecule has 2 heterocycles. The van der Waals surface area contributed by atoms with Crippen LogP contribution in [0.25, 0.3) is 0 Å². The molecule has 0 bridgehead atoms.